The molecule has 2 heterocycles. The van der Waals surface area contributed by atoms with Gasteiger partial charge in [0.15, 0.2) is 5.96 Å². The molecule has 7 heteroatoms. The maximum atomic E-state index is 5.82. The van der Waals surface area contributed by atoms with Crippen molar-refractivity contribution in [2.75, 3.05) is 39.8 Å². The maximum absolute atomic E-state index is 5.82. The molecule has 1 aliphatic rings. The molecule has 1 saturated heterocycles. The first-order valence-corrected chi connectivity index (χ1v) is 11.3. The lowest BCUT2D eigenvalue weighted by molar-refractivity contribution is 0.0258. The highest BCUT2D eigenvalue weighted by Crippen LogP contribution is 2.20. The van der Waals surface area contributed by atoms with Crippen LogP contribution in [-0.4, -0.2) is 56.8 Å². The highest BCUT2D eigenvalue weighted by atomic mass is 127. The Labute approximate surface area is 192 Å². The number of rotatable bonds is 10. The fourth-order valence-corrected chi connectivity index (χ4v) is 4.34. The third-order valence-electron chi connectivity index (χ3n) is 5.29. The molecule has 0 bridgehead atoms. The summed E-state index contributed by atoms with van der Waals surface area (Å²) in [6, 6.07) is 4.39. The van der Waals surface area contributed by atoms with Crippen molar-refractivity contribution >= 4 is 41.3 Å². The molecule has 0 radical (unpaired) electrons. The van der Waals surface area contributed by atoms with Crippen molar-refractivity contribution in [1.29, 1.82) is 0 Å². The Morgan fingerprint density at radius 2 is 2.07 bits per heavy atom. The van der Waals surface area contributed by atoms with Crippen LogP contribution in [0.2, 0.25) is 0 Å². The maximum Gasteiger partial charge on any atom is 0.190 e. The number of halogens is 1. The third kappa shape index (κ3) is 9.41. The van der Waals surface area contributed by atoms with Crippen molar-refractivity contribution in [3.8, 4) is 0 Å². The quantitative estimate of drug-likeness (QED) is 0.275. The van der Waals surface area contributed by atoms with E-state index in [0.717, 1.165) is 44.5 Å². The van der Waals surface area contributed by atoms with Crippen molar-refractivity contribution < 1.29 is 4.74 Å². The number of thiophene rings is 1. The molecule has 0 saturated carbocycles. The molecule has 162 valence electrons. The Bertz CT molecular complexity index is 531. The van der Waals surface area contributed by atoms with Crippen molar-refractivity contribution in [1.82, 2.24) is 15.5 Å². The van der Waals surface area contributed by atoms with Gasteiger partial charge in [0.1, 0.15) is 0 Å². The molecule has 1 unspecified atom stereocenters. The Hall–Kier alpha value is -0.380. The van der Waals surface area contributed by atoms with E-state index in [0.29, 0.717) is 12.0 Å². The molecule has 0 aliphatic carbocycles. The van der Waals surface area contributed by atoms with Crippen LogP contribution in [0.1, 0.15) is 44.9 Å². The lowest BCUT2D eigenvalue weighted by Crippen LogP contribution is -2.43. The Morgan fingerprint density at radius 1 is 1.32 bits per heavy atom. The molecule has 1 aliphatic heterocycles. The number of hydrogen-bond acceptors (Lipinski definition) is 4. The SMILES string of the molecule is CCOC(CCNC(=NC)NCC1CCN(Cc2cccs2)CC1)C(C)C.I. The van der Waals surface area contributed by atoms with Gasteiger partial charge in [0.2, 0.25) is 0 Å². The number of nitrogens with one attached hydrogen (secondary N) is 2. The molecule has 0 amide bonds. The van der Waals surface area contributed by atoms with Gasteiger partial charge in [0.05, 0.1) is 6.10 Å². The first-order valence-electron chi connectivity index (χ1n) is 10.4. The van der Waals surface area contributed by atoms with Crippen LogP contribution in [-0.2, 0) is 11.3 Å². The van der Waals surface area contributed by atoms with E-state index in [4.69, 9.17) is 4.74 Å². The van der Waals surface area contributed by atoms with Crippen LogP contribution >= 0.6 is 35.3 Å². The van der Waals surface area contributed by atoms with Gasteiger partial charge in [-0.05, 0) is 62.6 Å². The molecular formula is C21H39IN4OS. The van der Waals surface area contributed by atoms with Gasteiger partial charge >= 0.3 is 0 Å². The number of piperidine rings is 1. The molecule has 2 rings (SSSR count). The smallest absolute Gasteiger partial charge is 0.190 e. The van der Waals surface area contributed by atoms with E-state index in [9.17, 15) is 0 Å². The van der Waals surface area contributed by atoms with Gasteiger partial charge in [-0.25, -0.2) is 0 Å². The van der Waals surface area contributed by atoms with Crippen LogP contribution in [0, 0.1) is 11.8 Å². The lowest BCUT2D eigenvalue weighted by Gasteiger charge is -2.32. The monoisotopic (exact) mass is 522 g/mol. The van der Waals surface area contributed by atoms with Gasteiger partial charge < -0.3 is 15.4 Å². The topological polar surface area (TPSA) is 48.9 Å². The molecule has 0 spiro atoms. The van der Waals surface area contributed by atoms with Crippen molar-refractivity contribution in [3.63, 3.8) is 0 Å². The zero-order valence-electron chi connectivity index (χ0n) is 17.9. The predicted octanol–water partition coefficient (Wildman–Crippen LogP) is 4.19. The predicted molar refractivity (Wildman–Crippen MR) is 132 cm³/mol. The first kappa shape index (κ1) is 25.7. The molecule has 1 aromatic rings. The molecule has 5 nitrogen and oxygen atoms in total. The highest BCUT2D eigenvalue weighted by molar-refractivity contribution is 14.0. The zero-order valence-corrected chi connectivity index (χ0v) is 21.1. The summed E-state index contributed by atoms with van der Waals surface area (Å²) >= 11 is 1.86. The van der Waals surface area contributed by atoms with Crippen LogP contribution in [0.3, 0.4) is 0 Å². The number of nitrogens with zero attached hydrogens (tertiary/aromatic N) is 2. The summed E-state index contributed by atoms with van der Waals surface area (Å²) in [4.78, 5) is 8.42. The van der Waals surface area contributed by atoms with E-state index >= 15 is 0 Å². The number of aliphatic imine (C=N–C) groups is 1. The Kier molecular flexibility index (Phi) is 13.4. The minimum Gasteiger partial charge on any atom is -0.378 e. The molecule has 1 atom stereocenters. The Morgan fingerprint density at radius 3 is 2.64 bits per heavy atom. The number of likely N-dealkylation sites (tertiary alicyclic amines) is 1. The fourth-order valence-electron chi connectivity index (χ4n) is 3.59. The van der Waals surface area contributed by atoms with E-state index in [2.05, 4.69) is 58.8 Å². The van der Waals surface area contributed by atoms with Gasteiger partial charge in [-0.2, -0.15) is 0 Å². The van der Waals surface area contributed by atoms with Gasteiger partial charge in [-0.15, -0.1) is 35.3 Å². The average molecular weight is 523 g/mol. The number of ether oxygens (including phenoxy) is 1. The minimum absolute atomic E-state index is 0. The van der Waals surface area contributed by atoms with Gasteiger partial charge in [0.25, 0.3) is 0 Å². The van der Waals surface area contributed by atoms with Crippen LogP contribution in [0.4, 0.5) is 0 Å². The molecule has 1 aromatic heterocycles. The van der Waals surface area contributed by atoms with Crippen molar-refractivity contribution in [2.45, 2.75) is 52.7 Å². The standard InChI is InChI=1S/C21H38N4OS.HI/c1-5-26-20(17(2)3)8-11-23-21(22-4)24-15-18-9-12-25(13-10-18)16-19-7-6-14-27-19;/h6-7,14,17-18,20H,5,8-13,15-16H2,1-4H3,(H2,22,23,24);1H. The van der Waals surface area contributed by atoms with Crippen LogP contribution < -0.4 is 10.6 Å². The average Bonchev–Trinajstić information content (AvgIpc) is 3.17. The summed E-state index contributed by atoms with van der Waals surface area (Å²) in [6.45, 7) is 12.7. The number of hydrogen-bond donors (Lipinski definition) is 2. The van der Waals surface area contributed by atoms with Gasteiger partial charge in [-0.1, -0.05) is 19.9 Å². The second-order valence-electron chi connectivity index (χ2n) is 7.71. The van der Waals surface area contributed by atoms with Crippen molar-refractivity contribution in [2.24, 2.45) is 16.8 Å². The van der Waals surface area contributed by atoms with Gasteiger partial charge in [-0.3, -0.25) is 9.89 Å². The van der Waals surface area contributed by atoms with E-state index in [1.807, 2.05) is 18.4 Å². The minimum atomic E-state index is 0. The second kappa shape index (κ2) is 14.6. The van der Waals surface area contributed by atoms with Crippen molar-refractivity contribution in [3.05, 3.63) is 22.4 Å². The third-order valence-corrected chi connectivity index (χ3v) is 6.16. The summed E-state index contributed by atoms with van der Waals surface area (Å²) in [5.74, 6) is 2.19. The molecule has 28 heavy (non-hydrogen) atoms. The normalized spacial score (nSPS) is 17.4. The van der Waals surface area contributed by atoms with Crippen LogP contribution in [0.5, 0.6) is 0 Å². The molecule has 1 fully saturated rings. The van der Waals surface area contributed by atoms with E-state index < -0.39 is 0 Å². The summed E-state index contributed by atoms with van der Waals surface area (Å²) in [5.41, 5.74) is 0. The van der Waals surface area contributed by atoms with Gasteiger partial charge in [0, 0.05) is 38.2 Å². The summed E-state index contributed by atoms with van der Waals surface area (Å²) in [7, 11) is 1.85. The number of guanidine groups is 1. The summed E-state index contributed by atoms with van der Waals surface area (Å²) in [5, 5.41) is 9.13. The lowest BCUT2D eigenvalue weighted by atomic mass is 9.97. The van der Waals surface area contributed by atoms with E-state index in [-0.39, 0.29) is 24.0 Å². The van der Waals surface area contributed by atoms with E-state index in [1.54, 1.807) is 0 Å². The van der Waals surface area contributed by atoms with Crippen LogP contribution in [0.15, 0.2) is 22.5 Å². The summed E-state index contributed by atoms with van der Waals surface area (Å²) < 4.78 is 5.82. The zero-order chi connectivity index (χ0) is 19.5. The highest BCUT2D eigenvalue weighted by Gasteiger charge is 2.20. The largest absolute Gasteiger partial charge is 0.378 e. The van der Waals surface area contributed by atoms with Crippen LogP contribution in [0.25, 0.3) is 0 Å². The first-order chi connectivity index (χ1) is 13.1. The molecular weight excluding hydrogens is 483 g/mol. The molecule has 2 N–H and O–H groups in total. The molecule has 0 aromatic carbocycles. The fraction of sp³-hybridized carbons (Fsp3) is 0.762. The Balaban J connectivity index is 0.00000392. The summed E-state index contributed by atoms with van der Waals surface area (Å²) in [6.07, 6.45) is 3.84. The van der Waals surface area contributed by atoms with E-state index in [1.165, 1.54) is 30.8 Å². The second-order valence-corrected chi connectivity index (χ2v) is 8.74.